The lowest BCUT2D eigenvalue weighted by atomic mass is 11.3. The number of rotatable bonds is 1. The van der Waals surface area contributed by atoms with Crippen LogP contribution in [0.2, 0.25) is 0 Å². The standard InChI is InChI=1S/C2H2BrO2P/c1-2(3)6(4)5/h1H2/p+1. The summed E-state index contributed by atoms with van der Waals surface area (Å²) in [4.78, 5) is 7.99. The molecule has 0 fully saturated rings. The van der Waals surface area contributed by atoms with E-state index in [-0.39, 0.29) is 4.22 Å². The van der Waals surface area contributed by atoms with Gasteiger partial charge in [0.05, 0.1) is 0 Å². The second kappa shape index (κ2) is 2.45. The van der Waals surface area contributed by atoms with Gasteiger partial charge in [0.25, 0.3) is 4.22 Å². The minimum Gasteiger partial charge on any atom is -0.156 e. The smallest absolute Gasteiger partial charge is 0.156 e. The first-order valence-electron chi connectivity index (χ1n) is 1.15. The Labute approximate surface area is 44.9 Å². The van der Waals surface area contributed by atoms with Crippen molar-refractivity contribution < 1.29 is 9.46 Å². The van der Waals surface area contributed by atoms with Crippen LogP contribution in [0.25, 0.3) is 0 Å². The van der Waals surface area contributed by atoms with Crippen LogP contribution in [0.15, 0.2) is 10.8 Å². The van der Waals surface area contributed by atoms with Crippen LogP contribution in [0.3, 0.4) is 0 Å². The van der Waals surface area contributed by atoms with Gasteiger partial charge in [0.15, 0.2) is 0 Å². The molecule has 0 bridgehead atoms. The van der Waals surface area contributed by atoms with Crippen molar-refractivity contribution in [1.82, 2.24) is 0 Å². The van der Waals surface area contributed by atoms with Crippen molar-refractivity contribution in [3.05, 3.63) is 10.8 Å². The molecule has 1 atom stereocenters. The van der Waals surface area contributed by atoms with Gasteiger partial charge in [0.1, 0.15) is 0 Å². The molecule has 2 nitrogen and oxygen atoms in total. The monoisotopic (exact) mass is 169 g/mol. The summed E-state index contributed by atoms with van der Waals surface area (Å²) in [7, 11) is -2.19. The number of hydrogen-bond acceptors (Lipinski definition) is 1. The highest BCUT2D eigenvalue weighted by molar-refractivity contribution is 9.13. The van der Waals surface area contributed by atoms with Gasteiger partial charge in [-0.3, -0.25) is 0 Å². The fraction of sp³-hybridized carbons (Fsp3) is 0. The lowest BCUT2D eigenvalue weighted by molar-refractivity contribution is 0.512. The van der Waals surface area contributed by atoms with E-state index in [4.69, 9.17) is 4.89 Å². The van der Waals surface area contributed by atoms with Crippen LogP contribution in [0.5, 0.6) is 0 Å². The second-order valence-electron chi connectivity index (χ2n) is 0.649. The zero-order valence-electron chi connectivity index (χ0n) is 2.89. The van der Waals surface area contributed by atoms with Crippen molar-refractivity contribution in [2.75, 3.05) is 0 Å². The molecule has 34 valence electrons. The average Bonchev–Trinajstić information content (AvgIpc) is 1.36. The zero-order valence-corrected chi connectivity index (χ0v) is 5.37. The molecular weight excluding hydrogens is 167 g/mol. The largest absolute Gasteiger partial charge is 0.552 e. The highest BCUT2D eigenvalue weighted by Crippen LogP contribution is 2.29. The van der Waals surface area contributed by atoms with Gasteiger partial charge in [-0.2, -0.15) is 4.89 Å². The van der Waals surface area contributed by atoms with E-state index in [0.717, 1.165) is 0 Å². The van der Waals surface area contributed by atoms with Crippen molar-refractivity contribution in [2.24, 2.45) is 0 Å². The quantitative estimate of drug-likeness (QED) is 0.606. The molecule has 0 spiro atoms. The third kappa shape index (κ3) is 2.51. The molecule has 0 aliphatic carbocycles. The van der Waals surface area contributed by atoms with Crippen LogP contribution in [0.4, 0.5) is 0 Å². The summed E-state index contributed by atoms with van der Waals surface area (Å²) in [6.45, 7) is 3.14. The first-order chi connectivity index (χ1) is 2.64. The number of hydrogen-bond donors (Lipinski definition) is 1. The molecule has 6 heavy (non-hydrogen) atoms. The first kappa shape index (κ1) is 6.28. The highest BCUT2D eigenvalue weighted by Gasteiger charge is 2.11. The average molecular weight is 170 g/mol. The van der Waals surface area contributed by atoms with Gasteiger partial charge in [0, 0.05) is 15.9 Å². The molecule has 0 aromatic carbocycles. The zero-order chi connectivity index (χ0) is 5.15. The molecule has 1 unspecified atom stereocenters. The van der Waals surface area contributed by atoms with Crippen molar-refractivity contribution in [2.45, 2.75) is 0 Å². The van der Waals surface area contributed by atoms with Gasteiger partial charge in [-0.25, -0.2) is 0 Å². The third-order valence-electron chi connectivity index (χ3n) is 0.208. The molecule has 0 radical (unpaired) electrons. The molecule has 0 aliphatic heterocycles. The van der Waals surface area contributed by atoms with Crippen LogP contribution < -0.4 is 0 Å². The topological polar surface area (TPSA) is 37.3 Å². The maximum atomic E-state index is 9.70. The molecule has 0 aliphatic rings. The van der Waals surface area contributed by atoms with E-state index < -0.39 is 8.03 Å². The maximum absolute atomic E-state index is 9.70. The predicted molar refractivity (Wildman–Crippen MR) is 27.9 cm³/mol. The maximum Gasteiger partial charge on any atom is 0.552 e. The summed E-state index contributed by atoms with van der Waals surface area (Å²) >= 11 is 2.71. The Morgan fingerprint density at radius 1 is 2.00 bits per heavy atom. The summed E-state index contributed by atoms with van der Waals surface area (Å²) < 4.78 is 9.84. The summed E-state index contributed by atoms with van der Waals surface area (Å²) in [5.41, 5.74) is 0. The fourth-order valence-corrected chi connectivity index (χ4v) is 0. The first-order valence-corrected chi connectivity index (χ1v) is 3.15. The Kier molecular flexibility index (Phi) is 2.57. The lowest BCUT2D eigenvalue weighted by Crippen LogP contribution is -1.47. The normalized spacial score (nSPS) is 10.7. The summed E-state index contributed by atoms with van der Waals surface area (Å²) in [6.07, 6.45) is 0. The van der Waals surface area contributed by atoms with Gasteiger partial charge < -0.3 is 0 Å². The fourth-order valence-electron chi connectivity index (χ4n) is 0. The van der Waals surface area contributed by atoms with Gasteiger partial charge in [-0.1, -0.05) is 0 Å². The highest BCUT2D eigenvalue weighted by atomic mass is 79.9. The van der Waals surface area contributed by atoms with Gasteiger partial charge in [0.2, 0.25) is 0 Å². The van der Waals surface area contributed by atoms with Gasteiger partial charge in [-0.15, -0.1) is 0 Å². The second-order valence-corrected chi connectivity index (χ2v) is 3.30. The Morgan fingerprint density at radius 2 is 2.17 bits per heavy atom. The van der Waals surface area contributed by atoms with E-state index in [9.17, 15) is 4.57 Å². The molecule has 1 N–H and O–H groups in total. The molecule has 0 rings (SSSR count). The van der Waals surface area contributed by atoms with Crippen LogP contribution in [-0.4, -0.2) is 4.89 Å². The Hall–Kier alpha value is 0.280. The SMILES string of the molecule is C=C(Br)[P+](=O)O. The Balaban J connectivity index is 3.57. The lowest BCUT2D eigenvalue weighted by Gasteiger charge is -1.58. The molecule has 0 saturated heterocycles. The molecule has 4 heteroatoms. The van der Waals surface area contributed by atoms with Crippen LogP contribution in [0.1, 0.15) is 0 Å². The van der Waals surface area contributed by atoms with E-state index in [0.29, 0.717) is 0 Å². The van der Waals surface area contributed by atoms with Crippen molar-refractivity contribution in [3.8, 4) is 0 Å². The van der Waals surface area contributed by atoms with E-state index >= 15 is 0 Å². The molecule has 0 amide bonds. The molecular formula is C2H3BrO2P+. The molecule has 0 heterocycles. The van der Waals surface area contributed by atoms with Crippen LogP contribution >= 0.6 is 24.0 Å². The van der Waals surface area contributed by atoms with Crippen molar-refractivity contribution >= 4 is 24.0 Å². The van der Waals surface area contributed by atoms with Gasteiger partial charge >= 0.3 is 8.03 Å². The summed E-state index contributed by atoms with van der Waals surface area (Å²) in [6, 6.07) is 0. The van der Waals surface area contributed by atoms with E-state index in [1.54, 1.807) is 0 Å². The van der Waals surface area contributed by atoms with Crippen molar-refractivity contribution in [3.63, 3.8) is 0 Å². The molecule has 0 saturated carbocycles. The van der Waals surface area contributed by atoms with Crippen molar-refractivity contribution in [1.29, 1.82) is 0 Å². The summed E-state index contributed by atoms with van der Waals surface area (Å²) in [5, 5.41) is 0. The Bertz CT molecular complexity index is 77.5. The summed E-state index contributed by atoms with van der Waals surface area (Å²) in [5.74, 6) is 0. The molecule has 0 aromatic heterocycles. The minimum atomic E-state index is -2.19. The molecule has 0 aromatic rings. The Morgan fingerprint density at radius 3 is 2.17 bits per heavy atom. The van der Waals surface area contributed by atoms with E-state index in [2.05, 4.69) is 22.5 Å². The van der Waals surface area contributed by atoms with E-state index in [1.807, 2.05) is 0 Å². The van der Waals surface area contributed by atoms with Gasteiger partial charge in [-0.05, 0) is 11.1 Å². The third-order valence-corrected chi connectivity index (χ3v) is 1.53. The number of halogens is 1. The van der Waals surface area contributed by atoms with Crippen LogP contribution in [-0.2, 0) is 4.57 Å². The van der Waals surface area contributed by atoms with Crippen LogP contribution in [0, 0.1) is 0 Å². The van der Waals surface area contributed by atoms with E-state index in [1.165, 1.54) is 0 Å². The predicted octanol–water partition coefficient (Wildman–Crippen LogP) is 1.59. The minimum absolute atomic E-state index is 0.137.